The number of hydrogen-bond donors (Lipinski definition) is 0. The van der Waals surface area contributed by atoms with Crippen molar-refractivity contribution in [1.82, 2.24) is 4.90 Å². The van der Waals surface area contributed by atoms with Crippen molar-refractivity contribution in [2.45, 2.75) is 13.0 Å². The van der Waals surface area contributed by atoms with Gasteiger partial charge in [-0.1, -0.05) is 22.0 Å². The molecule has 0 radical (unpaired) electrons. The molecule has 100 valence electrons. The van der Waals surface area contributed by atoms with Crippen LogP contribution in [-0.4, -0.2) is 17.9 Å². The lowest BCUT2D eigenvalue weighted by Crippen LogP contribution is -2.29. The van der Waals surface area contributed by atoms with Gasteiger partial charge in [0.25, 0.3) is 5.91 Å². The van der Waals surface area contributed by atoms with Gasteiger partial charge in [-0.2, -0.15) is 0 Å². The molecule has 0 bridgehead atoms. The number of thiophene rings is 1. The Hall–Kier alpha value is -1.20. The van der Waals surface area contributed by atoms with Crippen molar-refractivity contribution in [2.24, 2.45) is 0 Å². The average molecular weight is 342 g/mol. The van der Waals surface area contributed by atoms with Gasteiger partial charge < -0.3 is 4.90 Å². The van der Waals surface area contributed by atoms with Crippen molar-refractivity contribution in [1.29, 1.82) is 0 Å². The van der Waals surface area contributed by atoms with Crippen LogP contribution in [0.4, 0.5) is 4.39 Å². The second kappa shape index (κ2) is 5.84. The third-order valence-corrected chi connectivity index (χ3v) is 4.55. The molecule has 2 nitrogen and oxygen atoms in total. The first kappa shape index (κ1) is 14.2. The van der Waals surface area contributed by atoms with Crippen LogP contribution in [-0.2, 0) is 0 Å². The topological polar surface area (TPSA) is 20.3 Å². The Morgan fingerprint density at radius 2 is 2.16 bits per heavy atom. The summed E-state index contributed by atoms with van der Waals surface area (Å²) in [6.07, 6.45) is 0. The summed E-state index contributed by atoms with van der Waals surface area (Å²) >= 11 is 4.84. The van der Waals surface area contributed by atoms with Crippen molar-refractivity contribution in [3.8, 4) is 0 Å². The number of nitrogens with zero attached hydrogens (tertiary/aromatic N) is 1. The zero-order valence-corrected chi connectivity index (χ0v) is 13.0. The minimum atomic E-state index is -0.501. The molecule has 1 aromatic heterocycles. The number of halogens is 2. The van der Waals surface area contributed by atoms with Gasteiger partial charge in [-0.15, -0.1) is 11.3 Å². The van der Waals surface area contributed by atoms with Crippen LogP contribution in [0.1, 0.15) is 28.2 Å². The van der Waals surface area contributed by atoms with Gasteiger partial charge in [-0.25, -0.2) is 4.39 Å². The van der Waals surface area contributed by atoms with Crippen molar-refractivity contribution >= 4 is 33.2 Å². The van der Waals surface area contributed by atoms with Gasteiger partial charge in [0.1, 0.15) is 5.82 Å². The lowest BCUT2D eigenvalue weighted by Gasteiger charge is -2.24. The Bertz CT molecular complexity index is 585. The molecular formula is C14H13BrFNOS. The van der Waals surface area contributed by atoms with Crippen molar-refractivity contribution in [3.05, 3.63) is 56.4 Å². The van der Waals surface area contributed by atoms with Crippen LogP contribution >= 0.6 is 27.3 Å². The van der Waals surface area contributed by atoms with Crippen LogP contribution in [0.25, 0.3) is 0 Å². The fourth-order valence-corrected chi connectivity index (χ4v) is 2.93. The molecule has 1 unspecified atom stereocenters. The van der Waals surface area contributed by atoms with Crippen LogP contribution in [0, 0.1) is 5.82 Å². The van der Waals surface area contributed by atoms with E-state index in [-0.39, 0.29) is 17.5 Å². The first-order valence-electron chi connectivity index (χ1n) is 5.76. The van der Waals surface area contributed by atoms with Crippen LogP contribution < -0.4 is 0 Å². The van der Waals surface area contributed by atoms with Crippen LogP contribution in [0.5, 0.6) is 0 Å². The van der Waals surface area contributed by atoms with Crippen molar-refractivity contribution < 1.29 is 9.18 Å². The van der Waals surface area contributed by atoms with Gasteiger partial charge >= 0.3 is 0 Å². The van der Waals surface area contributed by atoms with Gasteiger partial charge in [0.15, 0.2) is 0 Å². The van der Waals surface area contributed by atoms with E-state index in [0.29, 0.717) is 4.47 Å². The minimum absolute atomic E-state index is 0.0779. The molecule has 1 amide bonds. The van der Waals surface area contributed by atoms with Crippen molar-refractivity contribution in [3.63, 3.8) is 0 Å². The molecule has 1 heterocycles. The summed E-state index contributed by atoms with van der Waals surface area (Å²) in [5.74, 6) is -0.821. The van der Waals surface area contributed by atoms with Gasteiger partial charge in [0, 0.05) is 16.4 Å². The van der Waals surface area contributed by atoms with Gasteiger partial charge in [-0.05, 0) is 36.6 Å². The molecule has 0 fully saturated rings. The molecule has 0 saturated heterocycles. The standard InChI is InChI=1S/C14H13BrFNOS/c1-9(13-4-3-7-19-13)17(2)14(18)11-8-10(15)5-6-12(11)16/h3-9H,1-2H3. The minimum Gasteiger partial charge on any atom is -0.334 e. The summed E-state index contributed by atoms with van der Waals surface area (Å²) in [6, 6.07) is 8.21. The smallest absolute Gasteiger partial charge is 0.257 e. The molecule has 1 aromatic carbocycles. The Morgan fingerprint density at radius 1 is 1.42 bits per heavy atom. The maximum atomic E-state index is 13.7. The number of amides is 1. The highest BCUT2D eigenvalue weighted by Gasteiger charge is 2.22. The average Bonchev–Trinajstić information content (AvgIpc) is 2.93. The summed E-state index contributed by atoms with van der Waals surface area (Å²) in [5.41, 5.74) is 0.0836. The van der Waals surface area contributed by atoms with E-state index in [9.17, 15) is 9.18 Å². The SMILES string of the molecule is CC(c1cccs1)N(C)C(=O)c1cc(Br)ccc1F. The molecule has 0 N–H and O–H groups in total. The molecule has 19 heavy (non-hydrogen) atoms. The van der Waals surface area contributed by atoms with E-state index in [0.717, 1.165) is 4.88 Å². The molecule has 0 aliphatic heterocycles. The molecule has 2 aromatic rings. The van der Waals surface area contributed by atoms with E-state index in [4.69, 9.17) is 0 Å². The van der Waals surface area contributed by atoms with E-state index in [1.165, 1.54) is 12.1 Å². The maximum Gasteiger partial charge on any atom is 0.257 e. The second-order valence-corrected chi connectivity index (χ2v) is 6.13. The highest BCUT2D eigenvalue weighted by molar-refractivity contribution is 9.10. The van der Waals surface area contributed by atoms with Crippen molar-refractivity contribution in [2.75, 3.05) is 7.05 Å². The third-order valence-electron chi connectivity index (χ3n) is 3.02. The first-order valence-corrected chi connectivity index (χ1v) is 7.43. The number of carbonyl (C=O) groups is 1. The van der Waals surface area contributed by atoms with E-state index >= 15 is 0 Å². The molecule has 0 aliphatic rings. The predicted octanol–water partition coefficient (Wildman–Crippen LogP) is 4.48. The molecule has 0 saturated carbocycles. The Morgan fingerprint density at radius 3 is 2.79 bits per heavy atom. The maximum absolute atomic E-state index is 13.7. The molecule has 1 atom stereocenters. The highest BCUT2D eigenvalue weighted by atomic mass is 79.9. The molecule has 0 aliphatic carbocycles. The normalized spacial score (nSPS) is 12.2. The number of benzene rings is 1. The quantitative estimate of drug-likeness (QED) is 0.805. The van der Waals surface area contributed by atoms with E-state index in [1.54, 1.807) is 29.4 Å². The van der Waals surface area contributed by atoms with E-state index < -0.39 is 5.82 Å². The Labute approximate surface area is 124 Å². The third kappa shape index (κ3) is 3.04. The zero-order valence-electron chi connectivity index (χ0n) is 10.6. The predicted molar refractivity (Wildman–Crippen MR) is 78.9 cm³/mol. The zero-order chi connectivity index (χ0) is 14.0. The number of hydrogen-bond acceptors (Lipinski definition) is 2. The monoisotopic (exact) mass is 341 g/mol. The second-order valence-electron chi connectivity index (χ2n) is 4.23. The molecular weight excluding hydrogens is 329 g/mol. The van der Waals surface area contributed by atoms with Crippen LogP contribution in [0.15, 0.2) is 40.2 Å². The van der Waals surface area contributed by atoms with E-state index in [1.807, 2.05) is 24.4 Å². The van der Waals surface area contributed by atoms with E-state index in [2.05, 4.69) is 15.9 Å². The molecule has 5 heteroatoms. The lowest BCUT2D eigenvalue weighted by molar-refractivity contribution is 0.0740. The summed E-state index contributed by atoms with van der Waals surface area (Å²) in [7, 11) is 1.69. The number of rotatable bonds is 3. The molecule has 2 rings (SSSR count). The molecule has 0 spiro atoms. The van der Waals surface area contributed by atoms with Gasteiger partial charge in [0.05, 0.1) is 11.6 Å². The number of carbonyl (C=O) groups excluding carboxylic acids is 1. The summed E-state index contributed by atoms with van der Waals surface area (Å²) < 4.78 is 14.4. The fourth-order valence-electron chi connectivity index (χ4n) is 1.75. The summed E-state index contributed by atoms with van der Waals surface area (Å²) in [5, 5.41) is 1.96. The first-order chi connectivity index (χ1) is 9.00. The lowest BCUT2D eigenvalue weighted by atomic mass is 10.1. The summed E-state index contributed by atoms with van der Waals surface area (Å²) in [4.78, 5) is 15.0. The fraction of sp³-hybridized carbons (Fsp3) is 0.214. The Kier molecular flexibility index (Phi) is 4.37. The van der Waals surface area contributed by atoms with Crippen LogP contribution in [0.3, 0.4) is 0 Å². The Balaban J connectivity index is 2.26. The highest BCUT2D eigenvalue weighted by Crippen LogP contribution is 2.26. The van der Waals surface area contributed by atoms with Gasteiger partial charge in [0.2, 0.25) is 0 Å². The summed E-state index contributed by atoms with van der Waals surface area (Å²) in [6.45, 7) is 1.93. The van der Waals surface area contributed by atoms with Crippen LogP contribution in [0.2, 0.25) is 0 Å². The largest absolute Gasteiger partial charge is 0.334 e. The van der Waals surface area contributed by atoms with Gasteiger partial charge in [-0.3, -0.25) is 4.79 Å².